The minimum absolute atomic E-state index is 0.157. The van der Waals surface area contributed by atoms with E-state index < -0.39 is 10.2 Å². The molecule has 0 aromatic heterocycles. The first-order chi connectivity index (χ1) is 4.98. The average Bonchev–Trinajstić information content (AvgIpc) is 1.84. The van der Waals surface area contributed by atoms with Crippen molar-refractivity contribution in [3.8, 4) is 0 Å². The van der Waals surface area contributed by atoms with Crippen molar-refractivity contribution in [3.05, 3.63) is 0 Å². The second-order valence-corrected chi connectivity index (χ2v) is 3.43. The molecule has 0 aliphatic carbocycles. The first-order valence-corrected chi connectivity index (χ1v) is 4.53. The molecule has 0 saturated heterocycles. The van der Waals surface area contributed by atoms with E-state index in [4.69, 9.17) is 11.1 Å². The van der Waals surface area contributed by atoms with E-state index in [0.717, 1.165) is 0 Å². The van der Waals surface area contributed by atoms with Gasteiger partial charge < -0.3 is 5.73 Å². The lowest BCUT2D eigenvalue weighted by atomic mass is 10.6. The van der Waals surface area contributed by atoms with Crippen LogP contribution in [0.2, 0.25) is 0 Å². The Hall–Kier alpha value is -0.660. The molecule has 0 rings (SSSR count). The zero-order valence-corrected chi connectivity index (χ0v) is 7.03. The van der Waals surface area contributed by atoms with Crippen LogP contribution in [-0.4, -0.2) is 27.3 Å². The van der Waals surface area contributed by atoms with Crippen molar-refractivity contribution in [1.29, 1.82) is 5.41 Å². The molecule has 0 amide bonds. The summed E-state index contributed by atoms with van der Waals surface area (Å²) in [7, 11) is -3.45. The Kier molecular flexibility index (Phi) is 4.01. The summed E-state index contributed by atoms with van der Waals surface area (Å²) in [5.74, 6) is -0.216. The summed E-state index contributed by atoms with van der Waals surface area (Å²) in [5, 5.41) is 6.73. The van der Waals surface area contributed by atoms with E-state index in [9.17, 15) is 8.42 Å². The van der Waals surface area contributed by atoms with Crippen LogP contribution in [0.3, 0.4) is 0 Å². The molecule has 11 heavy (non-hydrogen) atoms. The number of hydrogen-bond donors (Lipinski definition) is 4. The van der Waals surface area contributed by atoms with Crippen LogP contribution in [0.1, 0.15) is 6.92 Å². The summed E-state index contributed by atoms with van der Waals surface area (Å²) >= 11 is 0. The second kappa shape index (κ2) is 4.27. The van der Waals surface area contributed by atoms with Crippen LogP contribution in [-0.2, 0) is 10.2 Å². The van der Waals surface area contributed by atoms with E-state index in [1.165, 1.54) is 0 Å². The van der Waals surface area contributed by atoms with Crippen molar-refractivity contribution in [2.24, 2.45) is 5.73 Å². The summed E-state index contributed by atoms with van der Waals surface area (Å²) < 4.78 is 25.8. The molecule has 66 valence electrons. The van der Waals surface area contributed by atoms with Gasteiger partial charge in [-0.2, -0.15) is 13.1 Å². The van der Waals surface area contributed by atoms with Gasteiger partial charge in [0.15, 0.2) is 0 Å². The standard InChI is InChI=1S/C4H12N4O2S/c1-2-7-11(9,10)8-3-4(5)6/h7-8H,2-3H2,1H3,(H3,5,6). The van der Waals surface area contributed by atoms with Crippen molar-refractivity contribution in [2.75, 3.05) is 13.1 Å². The fourth-order valence-electron chi connectivity index (χ4n) is 0.414. The lowest BCUT2D eigenvalue weighted by Gasteiger charge is -2.04. The van der Waals surface area contributed by atoms with Gasteiger partial charge in [-0.15, -0.1) is 0 Å². The first kappa shape index (κ1) is 10.3. The predicted octanol–water partition coefficient (Wildman–Crippen LogP) is -1.63. The Morgan fingerprint density at radius 1 is 1.55 bits per heavy atom. The van der Waals surface area contributed by atoms with Crippen LogP contribution in [0, 0.1) is 5.41 Å². The van der Waals surface area contributed by atoms with Crippen LogP contribution >= 0.6 is 0 Å². The Morgan fingerprint density at radius 2 is 2.09 bits per heavy atom. The molecule has 0 unspecified atom stereocenters. The number of nitrogens with one attached hydrogen (secondary N) is 3. The smallest absolute Gasteiger partial charge is 0.277 e. The van der Waals surface area contributed by atoms with Crippen LogP contribution in [0.4, 0.5) is 0 Å². The van der Waals surface area contributed by atoms with E-state index in [0.29, 0.717) is 6.54 Å². The zero-order chi connectivity index (χ0) is 8.91. The maximum absolute atomic E-state index is 10.8. The second-order valence-electron chi connectivity index (χ2n) is 1.85. The topological polar surface area (TPSA) is 108 Å². The van der Waals surface area contributed by atoms with Crippen molar-refractivity contribution >= 4 is 16.0 Å². The molecular formula is C4H12N4O2S. The van der Waals surface area contributed by atoms with Crippen molar-refractivity contribution in [1.82, 2.24) is 9.44 Å². The van der Waals surface area contributed by atoms with Crippen LogP contribution in [0.25, 0.3) is 0 Å². The fourth-order valence-corrected chi connectivity index (χ4v) is 1.24. The monoisotopic (exact) mass is 180 g/mol. The molecule has 5 N–H and O–H groups in total. The van der Waals surface area contributed by atoms with E-state index in [1.807, 2.05) is 0 Å². The first-order valence-electron chi connectivity index (χ1n) is 3.05. The SMILES string of the molecule is CCNS(=O)(=O)NCC(=N)N. The summed E-state index contributed by atoms with van der Waals surface area (Å²) in [6, 6.07) is 0. The molecule has 7 heteroatoms. The minimum atomic E-state index is -3.45. The molecule has 0 aliphatic heterocycles. The largest absolute Gasteiger partial charge is 0.387 e. The summed E-state index contributed by atoms with van der Waals surface area (Å²) in [4.78, 5) is 0. The minimum Gasteiger partial charge on any atom is -0.387 e. The maximum Gasteiger partial charge on any atom is 0.277 e. The molecule has 0 atom stereocenters. The molecule has 0 aromatic carbocycles. The molecule has 0 aliphatic rings. The fraction of sp³-hybridized carbons (Fsp3) is 0.750. The number of rotatable bonds is 5. The Labute approximate surface area is 65.9 Å². The molecule has 0 saturated carbocycles. The normalized spacial score (nSPS) is 11.4. The molecule has 0 bridgehead atoms. The summed E-state index contributed by atoms with van der Waals surface area (Å²) in [5.41, 5.74) is 4.92. The van der Waals surface area contributed by atoms with Crippen molar-refractivity contribution in [2.45, 2.75) is 6.92 Å². The van der Waals surface area contributed by atoms with E-state index in [2.05, 4.69) is 9.44 Å². The molecule has 6 nitrogen and oxygen atoms in total. The van der Waals surface area contributed by atoms with E-state index in [1.54, 1.807) is 6.92 Å². The molecule has 0 heterocycles. The highest BCUT2D eigenvalue weighted by molar-refractivity contribution is 7.87. The van der Waals surface area contributed by atoms with Gasteiger partial charge in [0, 0.05) is 6.54 Å². The highest BCUT2D eigenvalue weighted by Crippen LogP contribution is 1.73. The van der Waals surface area contributed by atoms with Gasteiger partial charge >= 0.3 is 0 Å². The molecule has 0 radical (unpaired) electrons. The molecule has 0 fully saturated rings. The number of nitrogens with two attached hydrogens (primary N) is 1. The number of amidine groups is 1. The van der Waals surface area contributed by atoms with E-state index >= 15 is 0 Å². The van der Waals surface area contributed by atoms with Crippen LogP contribution in [0.5, 0.6) is 0 Å². The molecule has 0 spiro atoms. The van der Waals surface area contributed by atoms with E-state index in [-0.39, 0.29) is 12.4 Å². The summed E-state index contributed by atoms with van der Waals surface area (Å²) in [6.07, 6.45) is 0. The van der Waals surface area contributed by atoms with Gasteiger partial charge in [-0.25, -0.2) is 4.72 Å². The van der Waals surface area contributed by atoms with Gasteiger partial charge in [-0.1, -0.05) is 6.92 Å². The molecular weight excluding hydrogens is 168 g/mol. The maximum atomic E-state index is 10.8. The van der Waals surface area contributed by atoms with Gasteiger partial charge in [0.05, 0.1) is 6.54 Å². The van der Waals surface area contributed by atoms with Crippen LogP contribution in [0.15, 0.2) is 0 Å². The third-order valence-corrected chi connectivity index (χ3v) is 1.98. The Morgan fingerprint density at radius 3 is 2.45 bits per heavy atom. The van der Waals surface area contributed by atoms with Gasteiger partial charge in [0.2, 0.25) is 0 Å². The highest BCUT2D eigenvalue weighted by atomic mass is 32.2. The Balaban J connectivity index is 3.84. The molecule has 0 aromatic rings. The summed E-state index contributed by atoms with van der Waals surface area (Å²) in [6.45, 7) is 1.82. The predicted molar refractivity (Wildman–Crippen MR) is 42.5 cm³/mol. The Bertz CT molecular complexity index is 222. The van der Waals surface area contributed by atoms with Gasteiger partial charge in [-0.05, 0) is 0 Å². The third-order valence-electron chi connectivity index (χ3n) is 0.787. The number of hydrogen-bond acceptors (Lipinski definition) is 3. The third kappa shape index (κ3) is 5.77. The van der Waals surface area contributed by atoms with Crippen molar-refractivity contribution < 1.29 is 8.42 Å². The lowest BCUT2D eigenvalue weighted by molar-refractivity contribution is 0.573. The van der Waals surface area contributed by atoms with Gasteiger partial charge in [0.1, 0.15) is 5.84 Å². The quantitative estimate of drug-likeness (QED) is 0.301. The van der Waals surface area contributed by atoms with Crippen LogP contribution < -0.4 is 15.2 Å². The van der Waals surface area contributed by atoms with Gasteiger partial charge in [0.25, 0.3) is 10.2 Å². The highest BCUT2D eigenvalue weighted by Gasteiger charge is 2.05. The lowest BCUT2D eigenvalue weighted by Crippen LogP contribution is -2.40. The zero-order valence-electron chi connectivity index (χ0n) is 6.22. The van der Waals surface area contributed by atoms with Gasteiger partial charge in [-0.3, -0.25) is 5.41 Å². The average molecular weight is 180 g/mol. The van der Waals surface area contributed by atoms with Crippen molar-refractivity contribution in [3.63, 3.8) is 0 Å².